The zero-order valence-electron chi connectivity index (χ0n) is 9.43. The van der Waals surface area contributed by atoms with Crippen LogP contribution in [0.2, 0.25) is 10.0 Å². The second-order valence-corrected chi connectivity index (χ2v) is 4.26. The van der Waals surface area contributed by atoms with Crippen molar-refractivity contribution in [2.75, 3.05) is 25.6 Å². The van der Waals surface area contributed by atoms with Gasteiger partial charge >= 0.3 is 6.03 Å². The van der Waals surface area contributed by atoms with Gasteiger partial charge in [0, 0.05) is 36.0 Å². The number of nitrogens with one attached hydrogen (secondary N) is 2. The van der Waals surface area contributed by atoms with Crippen LogP contribution in [0, 0.1) is 0 Å². The Balaban J connectivity index is 2.39. The predicted octanol–water partition coefficient (Wildman–Crippen LogP) is 3.15. The lowest BCUT2D eigenvalue weighted by atomic mass is 10.3. The van der Waals surface area contributed by atoms with Gasteiger partial charge in [-0.15, -0.1) is 0 Å². The van der Waals surface area contributed by atoms with Crippen molar-refractivity contribution >= 4 is 34.9 Å². The van der Waals surface area contributed by atoms with Crippen molar-refractivity contribution in [3.8, 4) is 0 Å². The Morgan fingerprint density at radius 1 is 1.29 bits per heavy atom. The molecular formula is C11H14Cl2N2O2. The maximum absolute atomic E-state index is 11.4. The van der Waals surface area contributed by atoms with Gasteiger partial charge in [0.05, 0.1) is 0 Å². The minimum Gasteiger partial charge on any atom is -0.385 e. The van der Waals surface area contributed by atoms with Gasteiger partial charge < -0.3 is 15.4 Å². The number of ether oxygens (including phenoxy) is 1. The number of anilines is 1. The molecule has 4 nitrogen and oxygen atoms in total. The maximum Gasteiger partial charge on any atom is 0.319 e. The van der Waals surface area contributed by atoms with E-state index in [0.717, 1.165) is 6.42 Å². The van der Waals surface area contributed by atoms with E-state index in [2.05, 4.69) is 10.6 Å². The first-order valence-corrected chi connectivity index (χ1v) is 5.87. The van der Waals surface area contributed by atoms with E-state index >= 15 is 0 Å². The molecule has 1 aromatic rings. The number of carbonyl (C=O) groups is 1. The first kappa shape index (κ1) is 14.1. The number of rotatable bonds is 5. The van der Waals surface area contributed by atoms with Crippen molar-refractivity contribution < 1.29 is 9.53 Å². The van der Waals surface area contributed by atoms with Crippen LogP contribution in [0.15, 0.2) is 18.2 Å². The molecule has 0 saturated heterocycles. The summed E-state index contributed by atoms with van der Waals surface area (Å²) >= 11 is 11.6. The molecule has 17 heavy (non-hydrogen) atoms. The molecule has 0 aliphatic heterocycles. The molecule has 1 rings (SSSR count). The minimum absolute atomic E-state index is 0.292. The summed E-state index contributed by atoms with van der Waals surface area (Å²) in [7, 11) is 1.62. The zero-order chi connectivity index (χ0) is 12.7. The van der Waals surface area contributed by atoms with Gasteiger partial charge in [-0.05, 0) is 24.6 Å². The van der Waals surface area contributed by atoms with Crippen molar-refractivity contribution in [2.45, 2.75) is 6.42 Å². The van der Waals surface area contributed by atoms with Gasteiger partial charge in [-0.1, -0.05) is 23.2 Å². The molecule has 0 spiro atoms. The third-order valence-corrected chi connectivity index (χ3v) is 2.37. The lowest BCUT2D eigenvalue weighted by molar-refractivity contribution is 0.194. The van der Waals surface area contributed by atoms with Crippen molar-refractivity contribution in [3.05, 3.63) is 28.2 Å². The summed E-state index contributed by atoms with van der Waals surface area (Å²) in [5, 5.41) is 6.29. The summed E-state index contributed by atoms with van der Waals surface area (Å²) in [6, 6.07) is 4.56. The Morgan fingerprint density at radius 3 is 2.53 bits per heavy atom. The van der Waals surface area contributed by atoms with Crippen LogP contribution in [0.25, 0.3) is 0 Å². The molecule has 1 aromatic carbocycles. The largest absolute Gasteiger partial charge is 0.385 e. The molecule has 0 atom stereocenters. The van der Waals surface area contributed by atoms with Gasteiger partial charge in [-0.2, -0.15) is 0 Å². The minimum atomic E-state index is -0.292. The van der Waals surface area contributed by atoms with Gasteiger partial charge in [-0.3, -0.25) is 0 Å². The fourth-order valence-electron chi connectivity index (χ4n) is 1.22. The monoisotopic (exact) mass is 276 g/mol. The van der Waals surface area contributed by atoms with Gasteiger partial charge in [0.15, 0.2) is 0 Å². The Kier molecular flexibility index (Phi) is 6.11. The van der Waals surface area contributed by atoms with Crippen molar-refractivity contribution in [2.24, 2.45) is 0 Å². The molecule has 0 aliphatic rings. The van der Waals surface area contributed by atoms with Crippen molar-refractivity contribution in [1.29, 1.82) is 0 Å². The molecule has 0 aliphatic carbocycles. The summed E-state index contributed by atoms with van der Waals surface area (Å²) in [6.45, 7) is 1.16. The van der Waals surface area contributed by atoms with Crippen LogP contribution in [0.5, 0.6) is 0 Å². The lowest BCUT2D eigenvalue weighted by Gasteiger charge is -2.08. The SMILES string of the molecule is COCCCNC(=O)Nc1cc(Cl)cc(Cl)c1. The van der Waals surface area contributed by atoms with Gasteiger partial charge in [0.2, 0.25) is 0 Å². The number of benzene rings is 1. The third kappa shape index (κ3) is 5.77. The van der Waals surface area contributed by atoms with Crippen LogP contribution in [0.1, 0.15) is 6.42 Å². The second-order valence-electron chi connectivity index (χ2n) is 3.39. The number of amides is 2. The van der Waals surface area contributed by atoms with Crippen molar-refractivity contribution in [1.82, 2.24) is 5.32 Å². The fourth-order valence-corrected chi connectivity index (χ4v) is 1.75. The summed E-state index contributed by atoms with van der Waals surface area (Å²) in [6.07, 6.45) is 0.764. The van der Waals surface area contributed by atoms with E-state index in [0.29, 0.717) is 28.9 Å². The van der Waals surface area contributed by atoms with Crippen LogP contribution >= 0.6 is 23.2 Å². The Bertz CT molecular complexity index is 365. The van der Waals surface area contributed by atoms with E-state index in [4.69, 9.17) is 27.9 Å². The molecule has 0 saturated carbocycles. The molecule has 0 aromatic heterocycles. The summed E-state index contributed by atoms with van der Waals surface area (Å²) in [5.74, 6) is 0. The van der Waals surface area contributed by atoms with Crippen LogP contribution in [0.3, 0.4) is 0 Å². The topological polar surface area (TPSA) is 50.4 Å². The van der Waals surface area contributed by atoms with Gasteiger partial charge in [0.1, 0.15) is 0 Å². The van der Waals surface area contributed by atoms with E-state index in [9.17, 15) is 4.79 Å². The molecule has 0 fully saturated rings. The molecule has 6 heteroatoms. The van der Waals surface area contributed by atoms with E-state index in [1.807, 2.05) is 0 Å². The van der Waals surface area contributed by atoms with Crippen LogP contribution in [0.4, 0.5) is 10.5 Å². The highest BCUT2D eigenvalue weighted by Crippen LogP contribution is 2.22. The standard InChI is InChI=1S/C11H14Cl2N2O2/c1-17-4-2-3-14-11(16)15-10-6-8(12)5-9(13)7-10/h5-7H,2-4H2,1H3,(H2,14,15,16). The van der Waals surface area contributed by atoms with E-state index in [1.54, 1.807) is 25.3 Å². The van der Waals surface area contributed by atoms with E-state index < -0.39 is 0 Å². The second kappa shape index (κ2) is 7.37. The van der Waals surface area contributed by atoms with Crippen molar-refractivity contribution in [3.63, 3.8) is 0 Å². The van der Waals surface area contributed by atoms with Gasteiger partial charge in [0.25, 0.3) is 0 Å². The Hall–Kier alpha value is -0.970. The number of methoxy groups -OCH3 is 1. The average molecular weight is 277 g/mol. The number of carbonyl (C=O) groups excluding carboxylic acids is 1. The molecule has 0 unspecified atom stereocenters. The summed E-state index contributed by atoms with van der Waals surface area (Å²) < 4.78 is 4.87. The summed E-state index contributed by atoms with van der Waals surface area (Å²) in [4.78, 5) is 11.4. The zero-order valence-corrected chi connectivity index (χ0v) is 10.9. The Morgan fingerprint density at radius 2 is 1.94 bits per heavy atom. The van der Waals surface area contributed by atoms with E-state index in [1.165, 1.54) is 0 Å². The normalized spacial score (nSPS) is 10.1. The smallest absolute Gasteiger partial charge is 0.319 e. The average Bonchev–Trinajstić information content (AvgIpc) is 2.23. The summed E-state index contributed by atoms with van der Waals surface area (Å²) in [5.41, 5.74) is 0.562. The molecule has 2 amide bonds. The van der Waals surface area contributed by atoms with E-state index in [-0.39, 0.29) is 6.03 Å². The number of urea groups is 1. The van der Waals surface area contributed by atoms with Crippen LogP contribution in [-0.2, 0) is 4.74 Å². The number of hydrogen-bond donors (Lipinski definition) is 2. The molecule has 0 radical (unpaired) electrons. The highest BCUT2D eigenvalue weighted by Gasteiger charge is 2.03. The Labute approximate surface area is 110 Å². The molecule has 0 heterocycles. The molecule has 94 valence electrons. The predicted molar refractivity (Wildman–Crippen MR) is 70.0 cm³/mol. The lowest BCUT2D eigenvalue weighted by Crippen LogP contribution is -2.30. The number of halogens is 2. The molecule has 2 N–H and O–H groups in total. The fraction of sp³-hybridized carbons (Fsp3) is 0.364. The molecule has 0 bridgehead atoms. The molecular weight excluding hydrogens is 263 g/mol. The third-order valence-electron chi connectivity index (χ3n) is 1.93. The van der Waals surface area contributed by atoms with Crippen LogP contribution < -0.4 is 10.6 Å². The quantitative estimate of drug-likeness (QED) is 0.812. The first-order chi connectivity index (χ1) is 8.11. The highest BCUT2D eigenvalue weighted by molar-refractivity contribution is 6.35. The van der Waals surface area contributed by atoms with Crippen LogP contribution in [-0.4, -0.2) is 26.3 Å². The highest BCUT2D eigenvalue weighted by atomic mass is 35.5. The maximum atomic E-state index is 11.4. The first-order valence-electron chi connectivity index (χ1n) is 5.11. The van der Waals surface area contributed by atoms with Gasteiger partial charge in [-0.25, -0.2) is 4.79 Å². The number of hydrogen-bond acceptors (Lipinski definition) is 2.